The van der Waals surface area contributed by atoms with E-state index >= 15 is 0 Å². The van der Waals surface area contributed by atoms with E-state index in [4.69, 9.17) is 28.4 Å². The van der Waals surface area contributed by atoms with Crippen molar-refractivity contribution in [3.8, 4) is 0 Å². The van der Waals surface area contributed by atoms with Crippen molar-refractivity contribution >= 4 is 11.9 Å². The number of hydrogen-bond donors (Lipinski definition) is 7. The molecule has 15 nitrogen and oxygen atoms in total. The molecule has 0 amide bonds. The highest BCUT2D eigenvalue weighted by molar-refractivity contribution is 5.70. The SMILES string of the molecule is CCC/C=C/C/C=C/C/C=C/C/C=C/CCCCCC(=O)OC[C@@H](CO[C@@H]1O[C@H](CO[C@@H]2O[C@H](CO)[C@H](O)C(O)C2O)[C@H](O)C(O)C1O)OC(=O)CCC/C=C/C/C=C/CCCCCCCCCCC. The molecule has 2 aliphatic rings. The number of carbonyl (C=O) groups excluding carboxylic acids is 2. The van der Waals surface area contributed by atoms with Crippen molar-refractivity contribution in [3.63, 3.8) is 0 Å². The van der Waals surface area contributed by atoms with Gasteiger partial charge in [-0.3, -0.25) is 9.59 Å². The Hall–Kier alpha value is -3.06. The first-order valence-electron chi connectivity index (χ1n) is 26.5. The molecule has 2 fully saturated rings. The third kappa shape index (κ3) is 28.8. The summed E-state index contributed by atoms with van der Waals surface area (Å²) in [5.41, 5.74) is 0. The number of ether oxygens (including phenoxy) is 6. The van der Waals surface area contributed by atoms with Gasteiger partial charge >= 0.3 is 11.9 Å². The zero-order chi connectivity index (χ0) is 51.0. The fourth-order valence-electron chi connectivity index (χ4n) is 7.78. The Labute approximate surface area is 419 Å². The molecule has 0 radical (unpaired) electrons. The second-order valence-electron chi connectivity index (χ2n) is 18.3. The summed E-state index contributed by atoms with van der Waals surface area (Å²) in [6.45, 7) is 2.44. The number of aliphatic hydroxyl groups excluding tert-OH is 7. The first kappa shape index (κ1) is 63.1. The van der Waals surface area contributed by atoms with Crippen LogP contribution in [0.1, 0.15) is 168 Å². The Morgan fingerprint density at radius 2 is 0.900 bits per heavy atom. The van der Waals surface area contributed by atoms with Gasteiger partial charge in [0.25, 0.3) is 0 Å². The molecule has 2 heterocycles. The van der Waals surface area contributed by atoms with Crippen LogP contribution in [0.5, 0.6) is 0 Å². The minimum atomic E-state index is -1.78. The van der Waals surface area contributed by atoms with Gasteiger partial charge in [-0.1, -0.05) is 151 Å². The first-order valence-corrected chi connectivity index (χ1v) is 26.5. The van der Waals surface area contributed by atoms with Gasteiger partial charge in [-0.15, -0.1) is 0 Å². The molecule has 70 heavy (non-hydrogen) atoms. The summed E-state index contributed by atoms with van der Waals surface area (Å²) in [7, 11) is 0. The third-order valence-electron chi connectivity index (χ3n) is 12.1. The Kier molecular flexibility index (Phi) is 37.3. The highest BCUT2D eigenvalue weighted by Crippen LogP contribution is 2.26. The molecule has 0 aliphatic carbocycles. The summed E-state index contributed by atoms with van der Waals surface area (Å²) in [5, 5.41) is 72.1. The summed E-state index contributed by atoms with van der Waals surface area (Å²) in [4.78, 5) is 25.8. The lowest BCUT2D eigenvalue weighted by molar-refractivity contribution is -0.332. The molecule has 0 spiro atoms. The van der Waals surface area contributed by atoms with Crippen molar-refractivity contribution < 1.29 is 73.8 Å². The predicted molar refractivity (Wildman–Crippen MR) is 270 cm³/mol. The van der Waals surface area contributed by atoms with Crippen LogP contribution in [-0.2, 0) is 38.0 Å². The number of hydrogen-bond acceptors (Lipinski definition) is 15. The summed E-state index contributed by atoms with van der Waals surface area (Å²) >= 11 is 0. The van der Waals surface area contributed by atoms with Crippen LogP contribution in [0.25, 0.3) is 0 Å². The lowest BCUT2D eigenvalue weighted by Gasteiger charge is -2.42. The zero-order valence-electron chi connectivity index (χ0n) is 42.5. The van der Waals surface area contributed by atoms with E-state index in [0.717, 1.165) is 57.8 Å². The van der Waals surface area contributed by atoms with E-state index in [1.54, 1.807) is 0 Å². The Morgan fingerprint density at radius 1 is 0.457 bits per heavy atom. The average molecular weight is 993 g/mol. The lowest BCUT2D eigenvalue weighted by Crippen LogP contribution is -2.61. The van der Waals surface area contributed by atoms with Gasteiger partial charge in [0.2, 0.25) is 0 Å². The molecule has 2 aliphatic heterocycles. The van der Waals surface area contributed by atoms with Crippen LogP contribution in [0.2, 0.25) is 0 Å². The molecule has 2 rings (SSSR count). The number of esters is 2. The highest BCUT2D eigenvalue weighted by atomic mass is 16.7. The monoisotopic (exact) mass is 993 g/mol. The van der Waals surface area contributed by atoms with Crippen LogP contribution in [0.15, 0.2) is 72.9 Å². The quantitative estimate of drug-likeness (QED) is 0.0176. The lowest BCUT2D eigenvalue weighted by atomic mass is 9.98. The topological polar surface area (TPSA) is 231 Å². The molecular formula is C55H92O15. The predicted octanol–water partition coefficient (Wildman–Crippen LogP) is 7.82. The Bertz CT molecular complexity index is 1490. The fourth-order valence-corrected chi connectivity index (χ4v) is 7.78. The summed E-state index contributed by atoms with van der Waals surface area (Å²) < 4.78 is 33.5. The molecule has 0 aromatic heterocycles. The second-order valence-corrected chi connectivity index (χ2v) is 18.3. The Morgan fingerprint density at radius 3 is 1.44 bits per heavy atom. The van der Waals surface area contributed by atoms with Gasteiger partial charge in [0, 0.05) is 12.8 Å². The van der Waals surface area contributed by atoms with Gasteiger partial charge in [0.1, 0.15) is 55.4 Å². The fraction of sp³-hybridized carbons (Fsp3) is 0.745. The number of unbranched alkanes of at least 4 members (excludes halogenated alkanes) is 14. The average Bonchev–Trinajstić information content (AvgIpc) is 3.35. The van der Waals surface area contributed by atoms with E-state index in [1.807, 2.05) is 6.08 Å². The summed E-state index contributed by atoms with van der Waals surface area (Å²) in [6, 6.07) is 0. The van der Waals surface area contributed by atoms with Crippen LogP contribution < -0.4 is 0 Å². The van der Waals surface area contributed by atoms with Crippen LogP contribution in [-0.4, -0.2) is 142 Å². The van der Waals surface area contributed by atoms with Gasteiger partial charge in [0.05, 0.1) is 19.8 Å². The van der Waals surface area contributed by atoms with E-state index in [2.05, 4.69) is 80.7 Å². The van der Waals surface area contributed by atoms with Gasteiger partial charge in [-0.2, -0.15) is 0 Å². The minimum Gasteiger partial charge on any atom is -0.462 e. The third-order valence-corrected chi connectivity index (χ3v) is 12.1. The van der Waals surface area contributed by atoms with E-state index in [9.17, 15) is 45.3 Å². The number of aliphatic hydroxyl groups is 7. The maximum atomic E-state index is 13.0. The molecule has 0 bridgehead atoms. The molecule has 4 unspecified atom stereocenters. The number of carbonyl (C=O) groups is 2. The van der Waals surface area contributed by atoms with Crippen LogP contribution in [0.3, 0.4) is 0 Å². The number of rotatable bonds is 40. The van der Waals surface area contributed by atoms with Crippen LogP contribution in [0.4, 0.5) is 0 Å². The molecule has 15 heteroatoms. The molecule has 402 valence electrons. The highest BCUT2D eigenvalue weighted by Gasteiger charge is 2.47. The molecule has 11 atom stereocenters. The smallest absolute Gasteiger partial charge is 0.306 e. The second kappa shape index (κ2) is 41.4. The molecule has 0 aromatic rings. The largest absolute Gasteiger partial charge is 0.462 e. The van der Waals surface area contributed by atoms with Crippen LogP contribution >= 0.6 is 0 Å². The molecule has 0 aromatic carbocycles. The van der Waals surface area contributed by atoms with E-state index in [1.165, 1.54) is 64.2 Å². The normalized spacial score (nSPS) is 26.0. The van der Waals surface area contributed by atoms with Crippen molar-refractivity contribution in [2.45, 2.75) is 235 Å². The Balaban J connectivity index is 1.84. The molecule has 2 saturated heterocycles. The molecule has 7 N–H and O–H groups in total. The van der Waals surface area contributed by atoms with E-state index in [0.29, 0.717) is 19.3 Å². The van der Waals surface area contributed by atoms with Gasteiger partial charge in [0.15, 0.2) is 18.7 Å². The van der Waals surface area contributed by atoms with Gasteiger partial charge in [-0.25, -0.2) is 0 Å². The van der Waals surface area contributed by atoms with Crippen molar-refractivity contribution in [1.29, 1.82) is 0 Å². The van der Waals surface area contributed by atoms with Crippen LogP contribution in [0, 0.1) is 0 Å². The first-order chi connectivity index (χ1) is 34.0. The number of allylic oxidation sites excluding steroid dienone is 12. The summed E-state index contributed by atoms with van der Waals surface area (Å²) in [6.07, 6.45) is 32.2. The molecule has 0 saturated carbocycles. The standard InChI is InChI=1S/C55H92O15/c1-3-5-7-9-11-13-15-17-19-21-23-25-27-29-31-33-35-37-46(57)65-40-43(68-47(58)38-36-34-32-30-28-26-24-22-20-18-16-14-12-10-8-6-4-2)41-66-54-53(64)51(62)49(60)45(70-54)42-67-55-52(63)50(61)48(59)44(39-56)69-55/h7,9,13,15,19,21,24-27,30,32,43-45,48-56,59-64H,3-6,8,10-12,14,16-18,20,22-23,28-29,31,33-42H2,1-2H3/b9-7+,15-13+,21-19+,26-24+,27-25+,32-30+/t43-,44+,45+,48-,49-,50?,51?,52?,53?,54+,55+/m0/s1. The maximum absolute atomic E-state index is 13.0. The minimum absolute atomic E-state index is 0.0907. The van der Waals surface area contributed by atoms with Crippen molar-refractivity contribution in [2.24, 2.45) is 0 Å². The van der Waals surface area contributed by atoms with Crippen molar-refractivity contribution in [1.82, 2.24) is 0 Å². The van der Waals surface area contributed by atoms with Gasteiger partial charge in [-0.05, 0) is 77.0 Å². The maximum Gasteiger partial charge on any atom is 0.306 e. The van der Waals surface area contributed by atoms with E-state index < -0.39 is 99.3 Å². The molecular weight excluding hydrogens is 901 g/mol. The van der Waals surface area contributed by atoms with Crippen molar-refractivity contribution in [2.75, 3.05) is 26.4 Å². The van der Waals surface area contributed by atoms with E-state index in [-0.39, 0.29) is 19.4 Å². The van der Waals surface area contributed by atoms with Crippen molar-refractivity contribution in [3.05, 3.63) is 72.9 Å². The summed E-state index contributed by atoms with van der Waals surface area (Å²) in [5.74, 6) is -1.02. The zero-order valence-corrected chi connectivity index (χ0v) is 42.5. The van der Waals surface area contributed by atoms with Gasteiger partial charge < -0.3 is 64.2 Å².